The van der Waals surface area contributed by atoms with Crippen molar-refractivity contribution in [2.45, 2.75) is 19.9 Å². The third-order valence-corrected chi connectivity index (χ3v) is 3.26. The number of rotatable bonds is 4. The molecule has 0 radical (unpaired) electrons. The van der Waals surface area contributed by atoms with E-state index in [0.717, 1.165) is 17.2 Å². The van der Waals surface area contributed by atoms with Gasteiger partial charge in [-0.1, -0.05) is 24.3 Å². The van der Waals surface area contributed by atoms with Crippen molar-refractivity contribution in [3.05, 3.63) is 69.3 Å². The Balaban J connectivity index is 2.33. The molecule has 4 nitrogen and oxygen atoms in total. The predicted octanol–water partition coefficient (Wildman–Crippen LogP) is 4.35. The number of nitro groups is 1. The van der Waals surface area contributed by atoms with Crippen LogP contribution in [-0.4, -0.2) is 4.92 Å². The Labute approximate surface area is 120 Å². The maximum Gasteiger partial charge on any atom is 0.307 e. The Hall–Kier alpha value is -2.50. The van der Waals surface area contributed by atoms with Gasteiger partial charge in [0, 0.05) is 18.2 Å². The summed E-state index contributed by atoms with van der Waals surface area (Å²) in [4.78, 5) is 9.83. The summed E-state index contributed by atoms with van der Waals surface area (Å²) in [5.74, 6) is -2.05. The van der Waals surface area contributed by atoms with Gasteiger partial charge in [-0.2, -0.15) is 4.39 Å². The molecule has 2 aromatic rings. The smallest absolute Gasteiger partial charge is 0.307 e. The summed E-state index contributed by atoms with van der Waals surface area (Å²) in [7, 11) is 0. The van der Waals surface area contributed by atoms with Gasteiger partial charge in [0.05, 0.1) is 10.6 Å². The zero-order valence-corrected chi connectivity index (χ0v) is 11.6. The molecule has 0 aliphatic rings. The maximum atomic E-state index is 13.7. The zero-order chi connectivity index (χ0) is 15.6. The van der Waals surface area contributed by atoms with E-state index in [1.165, 1.54) is 0 Å². The van der Waals surface area contributed by atoms with Gasteiger partial charge >= 0.3 is 5.69 Å². The van der Waals surface area contributed by atoms with Crippen LogP contribution in [0.2, 0.25) is 0 Å². The molecule has 21 heavy (non-hydrogen) atoms. The van der Waals surface area contributed by atoms with E-state index in [1.807, 2.05) is 31.2 Å². The Morgan fingerprint density at radius 1 is 1.19 bits per heavy atom. The van der Waals surface area contributed by atoms with Crippen LogP contribution in [0.25, 0.3) is 0 Å². The van der Waals surface area contributed by atoms with Crippen LogP contribution >= 0.6 is 0 Å². The highest BCUT2D eigenvalue weighted by atomic mass is 19.1. The molecule has 2 aromatic carbocycles. The van der Waals surface area contributed by atoms with Crippen LogP contribution < -0.4 is 5.32 Å². The van der Waals surface area contributed by atoms with Crippen molar-refractivity contribution in [1.82, 2.24) is 0 Å². The molecule has 0 heterocycles. The average Bonchev–Trinajstić information content (AvgIpc) is 2.41. The predicted molar refractivity (Wildman–Crippen MR) is 76.2 cm³/mol. The minimum atomic E-state index is -1.19. The highest BCUT2D eigenvalue weighted by Crippen LogP contribution is 2.28. The van der Waals surface area contributed by atoms with Crippen molar-refractivity contribution in [3.8, 4) is 0 Å². The molecule has 110 valence electrons. The molecule has 0 aromatic heterocycles. The number of hydrogen-bond donors (Lipinski definition) is 1. The first-order valence-electron chi connectivity index (χ1n) is 6.35. The van der Waals surface area contributed by atoms with E-state index >= 15 is 0 Å². The quantitative estimate of drug-likeness (QED) is 0.673. The van der Waals surface area contributed by atoms with Crippen molar-refractivity contribution in [2.24, 2.45) is 0 Å². The Morgan fingerprint density at radius 2 is 1.86 bits per heavy atom. The molecule has 2 rings (SSSR count). The lowest BCUT2D eigenvalue weighted by Gasteiger charge is -2.18. The monoisotopic (exact) mass is 292 g/mol. The third kappa shape index (κ3) is 3.16. The van der Waals surface area contributed by atoms with Crippen molar-refractivity contribution in [2.75, 3.05) is 5.32 Å². The summed E-state index contributed by atoms with van der Waals surface area (Å²) in [6.07, 6.45) is 0. The normalized spacial score (nSPS) is 12.0. The van der Waals surface area contributed by atoms with E-state index in [-0.39, 0.29) is 11.7 Å². The van der Waals surface area contributed by atoms with Gasteiger partial charge in [-0.25, -0.2) is 4.39 Å². The van der Waals surface area contributed by atoms with Gasteiger partial charge in [-0.3, -0.25) is 10.1 Å². The van der Waals surface area contributed by atoms with E-state index in [4.69, 9.17) is 0 Å². The van der Waals surface area contributed by atoms with E-state index in [1.54, 1.807) is 6.92 Å². The van der Waals surface area contributed by atoms with E-state index in [9.17, 15) is 18.9 Å². The molecule has 0 fully saturated rings. The first-order valence-corrected chi connectivity index (χ1v) is 6.35. The van der Waals surface area contributed by atoms with Crippen LogP contribution in [-0.2, 0) is 0 Å². The average molecular weight is 292 g/mol. The zero-order valence-electron chi connectivity index (χ0n) is 11.6. The number of aryl methyl sites for hydroxylation is 1. The summed E-state index contributed by atoms with van der Waals surface area (Å²) < 4.78 is 27.0. The molecule has 0 aliphatic heterocycles. The van der Waals surface area contributed by atoms with E-state index in [2.05, 4.69) is 5.32 Å². The topological polar surface area (TPSA) is 55.2 Å². The first kappa shape index (κ1) is 14.9. The molecule has 0 amide bonds. The number of benzene rings is 2. The molecule has 0 spiro atoms. The fraction of sp³-hybridized carbons (Fsp3) is 0.200. The number of hydrogen-bond acceptors (Lipinski definition) is 3. The second-order valence-electron chi connectivity index (χ2n) is 4.76. The molecule has 1 atom stereocenters. The highest BCUT2D eigenvalue weighted by molar-refractivity contribution is 5.54. The van der Waals surface area contributed by atoms with Crippen LogP contribution in [0.5, 0.6) is 0 Å². The molecular formula is C15H14F2N2O2. The van der Waals surface area contributed by atoms with Crippen LogP contribution in [0.15, 0.2) is 36.4 Å². The van der Waals surface area contributed by atoms with Crippen LogP contribution in [0.3, 0.4) is 0 Å². The van der Waals surface area contributed by atoms with E-state index in [0.29, 0.717) is 6.07 Å². The fourth-order valence-corrected chi connectivity index (χ4v) is 2.17. The highest BCUT2D eigenvalue weighted by Gasteiger charge is 2.20. The van der Waals surface area contributed by atoms with Crippen LogP contribution in [0.4, 0.5) is 20.2 Å². The minimum Gasteiger partial charge on any atom is -0.376 e. The largest absolute Gasteiger partial charge is 0.376 e. The summed E-state index contributed by atoms with van der Waals surface area (Å²) in [5.41, 5.74) is 1.09. The maximum absolute atomic E-state index is 13.7. The summed E-state index contributed by atoms with van der Waals surface area (Å²) >= 11 is 0. The standard InChI is InChI=1S/C15H14F2N2O2/c1-9-5-3-4-6-11(9)10(2)18-14-8-15(19(20)21)13(17)7-12(14)16/h3-8,10,18H,1-2H3. The van der Waals surface area contributed by atoms with Crippen molar-refractivity contribution < 1.29 is 13.7 Å². The van der Waals surface area contributed by atoms with Gasteiger partial charge in [0.15, 0.2) is 0 Å². The summed E-state index contributed by atoms with van der Waals surface area (Å²) in [5, 5.41) is 13.6. The lowest BCUT2D eigenvalue weighted by atomic mass is 10.0. The first-order chi connectivity index (χ1) is 9.90. The van der Waals surface area contributed by atoms with Gasteiger partial charge in [0.1, 0.15) is 5.82 Å². The third-order valence-electron chi connectivity index (χ3n) is 3.26. The second-order valence-corrected chi connectivity index (χ2v) is 4.76. The molecule has 0 saturated carbocycles. The minimum absolute atomic E-state index is 0.0983. The molecule has 0 saturated heterocycles. The lowest BCUT2D eigenvalue weighted by molar-refractivity contribution is -0.387. The second kappa shape index (κ2) is 5.87. The van der Waals surface area contributed by atoms with E-state index < -0.39 is 22.2 Å². The van der Waals surface area contributed by atoms with Crippen molar-refractivity contribution >= 4 is 11.4 Å². The SMILES string of the molecule is Cc1ccccc1C(C)Nc1cc([N+](=O)[O-])c(F)cc1F. The van der Waals surface area contributed by atoms with Gasteiger partial charge in [0.25, 0.3) is 0 Å². The van der Waals surface area contributed by atoms with Gasteiger partial charge < -0.3 is 5.32 Å². The van der Waals surface area contributed by atoms with Gasteiger partial charge in [-0.05, 0) is 25.0 Å². The molecule has 1 N–H and O–H groups in total. The van der Waals surface area contributed by atoms with Gasteiger partial charge in [0.2, 0.25) is 5.82 Å². The Bertz CT molecular complexity index is 689. The number of halogens is 2. The van der Waals surface area contributed by atoms with Crippen LogP contribution in [0.1, 0.15) is 24.1 Å². The number of anilines is 1. The summed E-state index contributed by atoms with van der Waals surface area (Å²) in [6.45, 7) is 3.72. The molecule has 0 aliphatic carbocycles. The number of nitrogens with one attached hydrogen (secondary N) is 1. The van der Waals surface area contributed by atoms with Crippen molar-refractivity contribution in [1.29, 1.82) is 0 Å². The number of nitrogens with zero attached hydrogens (tertiary/aromatic N) is 1. The van der Waals surface area contributed by atoms with Crippen molar-refractivity contribution in [3.63, 3.8) is 0 Å². The molecule has 6 heteroatoms. The van der Waals surface area contributed by atoms with Gasteiger partial charge in [-0.15, -0.1) is 0 Å². The Kier molecular flexibility index (Phi) is 4.16. The molecule has 1 unspecified atom stereocenters. The number of nitro benzene ring substituents is 1. The molecular weight excluding hydrogens is 278 g/mol. The van der Waals surface area contributed by atoms with Crippen LogP contribution in [0, 0.1) is 28.7 Å². The fourth-order valence-electron chi connectivity index (χ4n) is 2.17. The Morgan fingerprint density at radius 3 is 2.48 bits per heavy atom. The molecule has 0 bridgehead atoms. The summed E-state index contributed by atoms with van der Waals surface area (Å²) in [6, 6.07) is 8.65. The lowest BCUT2D eigenvalue weighted by Crippen LogP contribution is -2.10.